The minimum Gasteiger partial charge on any atom is -0.374 e. The summed E-state index contributed by atoms with van der Waals surface area (Å²) in [4.78, 5) is 23.0. The van der Waals surface area contributed by atoms with Crippen molar-refractivity contribution in [2.45, 2.75) is 19.9 Å². The van der Waals surface area contributed by atoms with Crippen LogP contribution in [0.25, 0.3) is 0 Å². The van der Waals surface area contributed by atoms with Gasteiger partial charge in [-0.15, -0.1) is 0 Å². The molecule has 2 rings (SSSR count). The van der Waals surface area contributed by atoms with E-state index in [1.807, 2.05) is 0 Å². The lowest BCUT2D eigenvalue weighted by atomic mass is 10.2. The summed E-state index contributed by atoms with van der Waals surface area (Å²) in [6.07, 6.45) is 0. The molecule has 23 heavy (non-hydrogen) atoms. The van der Waals surface area contributed by atoms with Crippen LogP contribution < -0.4 is 16.0 Å². The van der Waals surface area contributed by atoms with E-state index in [4.69, 9.17) is 0 Å². The van der Waals surface area contributed by atoms with Crippen molar-refractivity contribution in [1.82, 2.24) is 0 Å². The molecule has 120 valence electrons. The van der Waals surface area contributed by atoms with Gasteiger partial charge in [-0.05, 0) is 43.3 Å². The predicted molar refractivity (Wildman–Crippen MR) is 88.9 cm³/mol. The average molecular weight is 315 g/mol. The Morgan fingerprint density at radius 1 is 0.957 bits per heavy atom. The van der Waals surface area contributed by atoms with Crippen LogP contribution in [0, 0.1) is 5.82 Å². The number of amides is 2. The quantitative estimate of drug-likeness (QED) is 0.793. The lowest BCUT2D eigenvalue weighted by molar-refractivity contribution is -0.116. The van der Waals surface area contributed by atoms with Crippen molar-refractivity contribution in [1.29, 1.82) is 0 Å². The Kier molecular flexibility index (Phi) is 5.30. The number of nitrogens with one attached hydrogen (secondary N) is 3. The minimum atomic E-state index is -0.554. The number of benzene rings is 2. The Labute approximate surface area is 133 Å². The van der Waals surface area contributed by atoms with Crippen LogP contribution >= 0.6 is 0 Å². The van der Waals surface area contributed by atoms with Crippen molar-refractivity contribution >= 4 is 28.9 Å². The maximum atomic E-state index is 13.5. The number of halogens is 1. The Bertz CT molecular complexity index is 701. The Hall–Kier alpha value is -2.89. The molecule has 1 atom stereocenters. The van der Waals surface area contributed by atoms with Crippen LogP contribution in [0.1, 0.15) is 13.8 Å². The topological polar surface area (TPSA) is 70.2 Å². The van der Waals surface area contributed by atoms with Gasteiger partial charge in [0, 0.05) is 18.3 Å². The largest absolute Gasteiger partial charge is 0.374 e. The first-order chi connectivity index (χ1) is 11.0. The Morgan fingerprint density at radius 3 is 2.17 bits per heavy atom. The van der Waals surface area contributed by atoms with Crippen molar-refractivity contribution in [2.24, 2.45) is 0 Å². The maximum absolute atomic E-state index is 13.5. The van der Waals surface area contributed by atoms with Gasteiger partial charge < -0.3 is 16.0 Å². The summed E-state index contributed by atoms with van der Waals surface area (Å²) < 4.78 is 13.5. The normalized spacial score (nSPS) is 11.4. The lowest BCUT2D eigenvalue weighted by Gasteiger charge is -2.16. The van der Waals surface area contributed by atoms with Gasteiger partial charge in [-0.2, -0.15) is 0 Å². The molecule has 5 nitrogen and oxygen atoms in total. The van der Waals surface area contributed by atoms with Gasteiger partial charge in [-0.3, -0.25) is 9.59 Å². The van der Waals surface area contributed by atoms with Gasteiger partial charge in [0.15, 0.2) is 0 Å². The van der Waals surface area contributed by atoms with E-state index < -0.39 is 11.9 Å². The molecule has 0 fully saturated rings. The van der Waals surface area contributed by atoms with Gasteiger partial charge in [0.25, 0.3) is 0 Å². The zero-order valence-electron chi connectivity index (χ0n) is 12.9. The van der Waals surface area contributed by atoms with Crippen molar-refractivity contribution in [3.8, 4) is 0 Å². The fourth-order valence-corrected chi connectivity index (χ4v) is 1.97. The highest BCUT2D eigenvalue weighted by molar-refractivity contribution is 5.96. The molecule has 2 aromatic carbocycles. The molecule has 6 heteroatoms. The molecule has 0 aromatic heterocycles. The Balaban J connectivity index is 1.95. The number of para-hydroxylation sites is 1. The SMILES string of the molecule is CC(=O)Nc1ccc(N[C@H](C)C(=O)Nc2ccccc2F)cc1. The third-order valence-electron chi connectivity index (χ3n) is 3.11. The van der Waals surface area contributed by atoms with E-state index in [1.54, 1.807) is 43.3 Å². The molecule has 3 N–H and O–H groups in total. The highest BCUT2D eigenvalue weighted by Gasteiger charge is 2.14. The second-order valence-electron chi connectivity index (χ2n) is 5.09. The third-order valence-corrected chi connectivity index (χ3v) is 3.11. The average Bonchev–Trinajstić information content (AvgIpc) is 2.51. The molecule has 0 radical (unpaired) electrons. The predicted octanol–water partition coefficient (Wildman–Crippen LogP) is 3.22. The number of hydrogen-bond donors (Lipinski definition) is 3. The molecule has 0 saturated heterocycles. The molecule has 0 unspecified atom stereocenters. The number of hydrogen-bond acceptors (Lipinski definition) is 3. The minimum absolute atomic E-state index is 0.146. The summed E-state index contributed by atoms with van der Waals surface area (Å²) in [5.41, 5.74) is 1.54. The van der Waals surface area contributed by atoms with E-state index >= 15 is 0 Å². The summed E-state index contributed by atoms with van der Waals surface area (Å²) in [7, 11) is 0. The van der Waals surface area contributed by atoms with Crippen LogP contribution in [0.4, 0.5) is 21.5 Å². The van der Waals surface area contributed by atoms with E-state index in [2.05, 4.69) is 16.0 Å². The fraction of sp³-hybridized carbons (Fsp3) is 0.176. The van der Waals surface area contributed by atoms with Gasteiger partial charge in [-0.25, -0.2) is 4.39 Å². The van der Waals surface area contributed by atoms with Gasteiger partial charge in [-0.1, -0.05) is 12.1 Å². The molecule has 0 bridgehead atoms. The fourth-order valence-electron chi connectivity index (χ4n) is 1.97. The van der Waals surface area contributed by atoms with Crippen molar-refractivity contribution in [3.63, 3.8) is 0 Å². The number of carbonyl (C=O) groups is 2. The molecule has 0 aliphatic carbocycles. The van der Waals surface area contributed by atoms with Crippen molar-refractivity contribution in [3.05, 3.63) is 54.3 Å². The van der Waals surface area contributed by atoms with E-state index in [0.717, 1.165) is 5.69 Å². The second kappa shape index (κ2) is 7.40. The highest BCUT2D eigenvalue weighted by Crippen LogP contribution is 2.16. The molecule has 0 saturated carbocycles. The molecular formula is C17H18FN3O2. The van der Waals surface area contributed by atoms with Crippen LogP contribution in [0.5, 0.6) is 0 Å². The number of carbonyl (C=O) groups excluding carboxylic acids is 2. The van der Waals surface area contributed by atoms with Gasteiger partial charge in [0.05, 0.1) is 5.69 Å². The lowest BCUT2D eigenvalue weighted by Crippen LogP contribution is -2.32. The van der Waals surface area contributed by atoms with Crippen LogP contribution in [-0.4, -0.2) is 17.9 Å². The molecule has 2 amide bonds. The molecular weight excluding hydrogens is 297 g/mol. The summed E-state index contributed by atoms with van der Waals surface area (Å²) >= 11 is 0. The zero-order chi connectivity index (χ0) is 16.8. The first kappa shape index (κ1) is 16.5. The van der Waals surface area contributed by atoms with E-state index in [9.17, 15) is 14.0 Å². The van der Waals surface area contributed by atoms with Crippen molar-refractivity contribution in [2.75, 3.05) is 16.0 Å². The standard InChI is InChI=1S/C17H18FN3O2/c1-11(17(23)21-16-6-4-3-5-15(16)18)19-13-7-9-14(10-8-13)20-12(2)22/h3-11,19H,1-2H3,(H,20,22)(H,21,23)/t11-/m1/s1. The maximum Gasteiger partial charge on any atom is 0.246 e. The summed E-state index contributed by atoms with van der Waals surface area (Å²) in [6, 6.07) is 12.4. The summed E-state index contributed by atoms with van der Waals surface area (Å²) in [6.45, 7) is 3.11. The molecule has 0 aliphatic rings. The summed E-state index contributed by atoms with van der Waals surface area (Å²) in [5, 5.41) is 8.21. The monoisotopic (exact) mass is 315 g/mol. The van der Waals surface area contributed by atoms with E-state index in [0.29, 0.717) is 5.69 Å². The van der Waals surface area contributed by atoms with Gasteiger partial charge in [0.1, 0.15) is 11.9 Å². The van der Waals surface area contributed by atoms with Gasteiger partial charge in [0.2, 0.25) is 11.8 Å². The van der Waals surface area contributed by atoms with Crippen LogP contribution in [0.2, 0.25) is 0 Å². The second-order valence-corrected chi connectivity index (χ2v) is 5.09. The molecule has 0 heterocycles. The number of anilines is 3. The van der Waals surface area contributed by atoms with Crippen molar-refractivity contribution < 1.29 is 14.0 Å². The van der Waals surface area contributed by atoms with Crippen LogP contribution in [-0.2, 0) is 9.59 Å². The third kappa shape index (κ3) is 4.81. The number of rotatable bonds is 5. The van der Waals surface area contributed by atoms with Gasteiger partial charge >= 0.3 is 0 Å². The van der Waals surface area contributed by atoms with E-state index in [-0.39, 0.29) is 17.5 Å². The smallest absolute Gasteiger partial charge is 0.246 e. The molecule has 2 aromatic rings. The van der Waals surface area contributed by atoms with Crippen LogP contribution in [0.15, 0.2) is 48.5 Å². The highest BCUT2D eigenvalue weighted by atomic mass is 19.1. The first-order valence-corrected chi connectivity index (χ1v) is 7.15. The Morgan fingerprint density at radius 2 is 1.57 bits per heavy atom. The first-order valence-electron chi connectivity index (χ1n) is 7.15. The van der Waals surface area contributed by atoms with E-state index in [1.165, 1.54) is 19.1 Å². The van der Waals surface area contributed by atoms with Crippen LogP contribution in [0.3, 0.4) is 0 Å². The molecule has 0 aliphatic heterocycles. The summed E-state index contributed by atoms with van der Waals surface area (Å²) in [5.74, 6) is -0.975. The molecule has 0 spiro atoms. The zero-order valence-corrected chi connectivity index (χ0v) is 12.9.